The molecule has 31 heavy (non-hydrogen) atoms. The number of rotatable bonds is 5. The number of nitrogens with zero attached hydrogens (tertiary/aromatic N) is 3. The molecule has 1 aliphatic rings. The van der Waals surface area contributed by atoms with Crippen LogP contribution >= 0.6 is 0 Å². The number of carboxylic acids is 1. The van der Waals surface area contributed by atoms with Crippen LogP contribution in [-0.2, 0) is 15.5 Å². The maximum absolute atomic E-state index is 14.5. The van der Waals surface area contributed by atoms with Crippen molar-refractivity contribution in [2.75, 3.05) is 6.54 Å². The summed E-state index contributed by atoms with van der Waals surface area (Å²) in [5.41, 5.74) is -0.986. The van der Waals surface area contributed by atoms with Crippen molar-refractivity contribution in [2.45, 2.75) is 50.9 Å². The Morgan fingerprint density at radius 3 is 2.39 bits per heavy atom. The topological polar surface area (TPSA) is 102 Å². The first kappa shape index (κ1) is 22.4. The van der Waals surface area contributed by atoms with Gasteiger partial charge in [0.25, 0.3) is 0 Å². The van der Waals surface area contributed by atoms with Crippen LogP contribution in [0.2, 0.25) is 0 Å². The lowest BCUT2D eigenvalue weighted by molar-refractivity contribution is -0.142. The zero-order valence-electron chi connectivity index (χ0n) is 17.3. The van der Waals surface area contributed by atoms with Gasteiger partial charge in [0.15, 0.2) is 5.69 Å². The normalized spacial score (nSPS) is 19.3. The van der Waals surface area contributed by atoms with Crippen LogP contribution < -0.4 is 4.74 Å². The molecular formula is C21H23F2N3O5. The first-order chi connectivity index (χ1) is 14.4. The standard InChI is InChI=1S/C21H23F2N3O5/c1-5-21(22,23)16-17(25-14-9-7-6-8-13(14)24-16)30-12-10-15(18(27)28)26(11-12)19(29)31-20(2,3)4/h5-9,12,15H,1,10-11H2,2-4H3,(H,27,28)/t12-,15+/m1/s1. The Morgan fingerprint density at radius 1 is 1.23 bits per heavy atom. The van der Waals surface area contributed by atoms with Gasteiger partial charge >= 0.3 is 18.0 Å². The smallest absolute Gasteiger partial charge is 0.411 e. The van der Waals surface area contributed by atoms with Crippen molar-refractivity contribution in [3.8, 4) is 5.88 Å². The average molecular weight is 435 g/mol. The summed E-state index contributed by atoms with van der Waals surface area (Å²) in [5, 5.41) is 9.51. The number of allylic oxidation sites excluding steroid dienone is 1. The van der Waals surface area contributed by atoms with Crippen LogP contribution in [0.25, 0.3) is 11.0 Å². The molecule has 1 saturated heterocycles. The monoisotopic (exact) mass is 435 g/mol. The minimum atomic E-state index is -3.53. The molecule has 3 rings (SSSR count). The number of aliphatic carboxylic acids is 1. The number of carbonyl (C=O) groups excluding carboxylic acids is 1. The molecule has 0 aliphatic carbocycles. The molecule has 0 spiro atoms. The molecule has 2 heterocycles. The van der Waals surface area contributed by atoms with Crippen molar-refractivity contribution in [3.63, 3.8) is 0 Å². The number of carbonyl (C=O) groups is 2. The number of para-hydroxylation sites is 2. The van der Waals surface area contributed by atoms with Crippen LogP contribution in [0.1, 0.15) is 32.9 Å². The fourth-order valence-corrected chi connectivity index (χ4v) is 3.18. The van der Waals surface area contributed by atoms with E-state index < -0.39 is 47.3 Å². The van der Waals surface area contributed by atoms with E-state index >= 15 is 0 Å². The third-order valence-electron chi connectivity index (χ3n) is 4.56. The van der Waals surface area contributed by atoms with Gasteiger partial charge in [0.2, 0.25) is 5.88 Å². The number of amides is 1. The van der Waals surface area contributed by atoms with E-state index in [-0.39, 0.29) is 18.5 Å². The number of hydrogen-bond donors (Lipinski definition) is 1. The van der Waals surface area contributed by atoms with Gasteiger partial charge in [-0.05, 0) is 39.0 Å². The Balaban J connectivity index is 1.93. The summed E-state index contributed by atoms with van der Waals surface area (Å²) in [6.07, 6.45) is -1.42. The summed E-state index contributed by atoms with van der Waals surface area (Å²) in [4.78, 5) is 33.3. The van der Waals surface area contributed by atoms with Gasteiger partial charge in [-0.3, -0.25) is 4.90 Å². The molecule has 2 atom stereocenters. The predicted molar refractivity (Wildman–Crippen MR) is 107 cm³/mol. The van der Waals surface area contributed by atoms with Crippen LogP contribution in [0.4, 0.5) is 13.6 Å². The summed E-state index contributed by atoms with van der Waals surface area (Å²) >= 11 is 0. The number of benzene rings is 1. The molecule has 10 heteroatoms. The van der Waals surface area contributed by atoms with Gasteiger partial charge in [-0.2, -0.15) is 8.78 Å². The van der Waals surface area contributed by atoms with Gasteiger partial charge < -0.3 is 14.6 Å². The van der Waals surface area contributed by atoms with Crippen LogP contribution in [-0.4, -0.2) is 56.3 Å². The molecular weight excluding hydrogens is 412 g/mol. The number of hydrogen-bond acceptors (Lipinski definition) is 6. The van der Waals surface area contributed by atoms with Crippen molar-refractivity contribution in [2.24, 2.45) is 0 Å². The Labute approximate surface area is 177 Å². The van der Waals surface area contributed by atoms with E-state index in [9.17, 15) is 23.5 Å². The zero-order valence-corrected chi connectivity index (χ0v) is 17.3. The Bertz CT molecular complexity index is 1020. The molecule has 1 aliphatic heterocycles. The van der Waals surface area contributed by atoms with E-state index in [1.54, 1.807) is 39.0 Å². The van der Waals surface area contributed by atoms with Gasteiger partial charge in [0, 0.05) is 6.42 Å². The first-order valence-corrected chi connectivity index (χ1v) is 9.59. The molecule has 0 radical (unpaired) electrons. The summed E-state index contributed by atoms with van der Waals surface area (Å²) in [5.74, 6) is -5.22. The number of halogens is 2. The average Bonchev–Trinajstić information content (AvgIpc) is 3.10. The highest BCUT2D eigenvalue weighted by Crippen LogP contribution is 2.36. The lowest BCUT2D eigenvalue weighted by Gasteiger charge is -2.26. The number of likely N-dealkylation sites (tertiary alicyclic amines) is 1. The van der Waals surface area contributed by atoms with Crippen molar-refractivity contribution in [1.29, 1.82) is 0 Å². The largest absolute Gasteiger partial charge is 0.480 e. The Hall–Kier alpha value is -3.30. The summed E-state index contributed by atoms with van der Waals surface area (Å²) in [6, 6.07) is 5.21. The molecule has 1 aromatic carbocycles. The highest BCUT2D eigenvalue weighted by molar-refractivity contribution is 5.81. The van der Waals surface area contributed by atoms with Crippen molar-refractivity contribution >= 4 is 23.1 Å². The third kappa shape index (κ3) is 4.89. The molecule has 1 N–H and O–H groups in total. The summed E-state index contributed by atoms with van der Waals surface area (Å²) in [6.45, 7) is 7.93. The number of fused-ring (bicyclic) bond motifs is 1. The quantitative estimate of drug-likeness (QED) is 0.714. The minimum Gasteiger partial charge on any atom is -0.480 e. The van der Waals surface area contributed by atoms with E-state index in [1.165, 1.54) is 6.07 Å². The van der Waals surface area contributed by atoms with Crippen molar-refractivity contribution in [1.82, 2.24) is 14.9 Å². The first-order valence-electron chi connectivity index (χ1n) is 9.59. The van der Waals surface area contributed by atoms with Crippen LogP contribution in [0.15, 0.2) is 36.9 Å². The molecule has 0 saturated carbocycles. The highest BCUT2D eigenvalue weighted by Gasteiger charge is 2.44. The van der Waals surface area contributed by atoms with Gasteiger partial charge in [-0.1, -0.05) is 18.7 Å². The number of ether oxygens (including phenoxy) is 2. The lowest BCUT2D eigenvalue weighted by atomic mass is 10.2. The Kier molecular flexibility index (Phi) is 5.84. The number of carboxylic acid groups (broad SMARTS) is 1. The van der Waals surface area contributed by atoms with E-state index in [1.807, 2.05) is 0 Å². The highest BCUT2D eigenvalue weighted by atomic mass is 19.3. The molecule has 8 nitrogen and oxygen atoms in total. The fraction of sp³-hybridized carbons (Fsp3) is 0.429. The van der Waals surface area contributed by atoms with E-state index in [4.69, 9.17) is 9.47 Å². The third-order valence-corrected chi connectivity index (χ3v) is 4.56. The second-order valence-corrected chi connectivity index (χ2v) is 8.16. The van der Waals surface area contributed by atoms with Gasteiger partial charge in [0.1, 0.15) is 17.7 Å². The lowest BCUT2D eigenvalue weighted by Crippen LogP contribution is -2.43. The maximum atomic E-state index is 14.5. The van der Waals surface area contributed by atoms with Crippen LogP contribution in [0, 0.1) is 0 Å². The van der Waals surface area contributed by atoms with Crippen molar-refractivity contribution < 1.29 is 33.0 Å². The number of alkyl halides is 2. The Morgan fingerprint density at radius 2 is 1.84 bits per heavy atom. The summed E-state index contributed by atoms with van der Waals surface area (Å²) < 4.78 is 39.9. The van der Waals surface area contributed by atoms with Gasteiger partial charge in [-0.15, -0.1) is 0 Å². The van der Waals surface area contributed by atoms with E-state index in [0.717, 1.165) is 4.90 Å². The van der Waals surface area contributed by atoms with Crippen molar-refractivity contribution in [3.05, 3.63) is 42.6 Å². The molecule has 0 unspecified atom stereocenters. The molecule has 2 aromatic rings. The molecule has 0 bridgehead atoms. The van der Waals surface area contributed by atoms with E-state index in [0.29, 0.717) is 11.6 Å². The molecule has 1 fully saturated rings. The second-order valence-electron chi connectivity index (χ2n) is 8.16. The van der Waals surface area contributed by atoms with Crippen LogP contribution in [0.3, 0.4) is 0 Å². The van der Waals surface area contributed by atoms with E-state index in [2.05, 4.69) is 16.5 Å². The van der Waals surface area contributed by atoms with Crippen LogP contribution in [0.5, 0.6) is 5.88 Å². The van der Waals surface area contributed by atoms with Gasteiger partial charge in [-0.25, -0.2) is 19.6 Å². The second kappa shape index (κ2) is 8.09. The SMILES string of the molecule is C=CC(F)(F)c1nc2ccccc2nc1O[C@@H]1C[C@@H](C(=O)O)N(C(=O)OC(C)(C)C)C1. The minimum absolute atomic E-state index is 0.123. The predicted octanol–water partition coefficient (Wildman–Crippen LogP) is 3.75. The molecule has 1 amide bonds. The van der Waals surface area contributed by atoms with Gasteiger partial charge in [0.05, 0.1) is 17.6 Å². The fourth-order valence-electron chi connectivity index (χ4n) is 3.18. The molecule has 1 aromatic heterocycles. The summed E-state index contributed by atoms with van der Waals surface area (Å²) in [7, 11) is 0. The number of aromatic nitrogens is 2. The zero-order chi connectivity index (χ0) is 23.0. The molecule has 166 valence electrons. The maximum Gasteiger partial charge on any atom is 0.411 e.